The van der Waals surface area contributed by atoms with Crippen LogP contribution in [-0.4, -0.2) is 39.4 Å². The summed E-state index contributed by atoms with van der Waals surface area (Å²) in [5.41, 5.74) is 2.46. The molecule has 0 saturated carbocycles. The molecule has 8 nitrogen and oxygen atoms in total. The Hall–Kier alpha value is -3.33. The Morgan fingerprint density at radius 1 is 1.09 bits per heavy atom. The molecule has 0 unspecified atom stereocenters. The molecule has 1 atom stereocenters. The molecule has 3 rings (SSSR count). The standard InChI is InChI=1S/C24H29N5O3S/c1-5-17-9-7-8-10-20(17)26-21(30)15-33-24-28-27-22(29(24)6-2)16(3)25-23(31)18-11-13-19(32-4)14-12-18/h7-14,16H,5-6,15H2,1-4H3,(H,25,31)(H,26,30)/t16-/m0/s1. The third-order valence-corrected chi connectivity index (χ3v) is 6.12. The Labute approximate surface area is 198 Å². The zero-order valence-corrected chi connectivity index (χ0v) is 20.1. The quantitative estimate of drug-likeness (QED) is 0.436. The topological polar surface area (TPSA) is 98.1 Å². The monoisotopic (exact) mass is 467 g/mol. The number of nitrogens with one attached hydrogen (secondary N) is 2. The molecular formula is C24H29N5O3S. The minimum atomic E-state index is -0.355. The van der Waals surface area contributed by atoms with Gasteiger partial charge < -0.3 is 19.9 Å². The van der Waals surface area contributed by atoms with Gasteiger partial charge in [0.1, 0.15) is 5.75 Å². The SMILES string of the molecule is CCc1ccccc1NC(=O)CSc1nnc([C@H](C)NC(=O)c2ccc(OC)cc2)n1CC. The molecule has 1 aromatic heterocycles. The van der Waals surface area contributed by atoms with Crippen LogP contribution in [0.5, 0.6) is 5.75 Å². The number of carbonyl (C=O) groups is 2. The third-order valence-electron chi connectivity index (χ3n) is 5.15. The van der Waals surface area contributed by atoms with Crippen molar-refractivity contribution in [3.8, 4) is 5.75 Å². The van der Waals surface area contributed by atoms with Gasteiger partial charge in [-0.25, -0.2) is 0 Å². The van der Waals surface area contributed by atoms with E-state index in [9.17, 15) is 9.59 Å². The van der Waals surface area contributed by atoms with Crippen molar-refractivity contribution in [2.45, 2.75) is 44.9 Å². The number of thioether (sulfide) groups is 1. The van der Waals surface area contributed by atoms with Crippen molar-refractivity contribution in [2.75, 3.05) is 18.2 Å². The maximum Gasteiger partial charge on any atom is 0.251 e. The van der Waals surface area contributed by atoms with E-state index >= 15 is 0 Å². The second-order valence-corrected chi connectivity index (χ2v) is 8.30. The molecule has 2 aromatic carbocycles. The number of aryl methyl sites for hydroxylation is 1. The fourth-order valence-electron chi connectivity index (χ4n) is 3.38. The van der Waals surface area contributed by atoms with Crippen molar-refractivity contribution in [2.24, 2.45) is 0 Å². The van der Waals surface area contributed by atoms with Gasteiger partial charge in [0.05, 0.1) is 18.9 Å². The van der Waals surface area contributed by atoms with E-state index < -0.39 is 0 Å². The molecule has 174 valence electrons. The van der Waals surface area contributed by atoms with Crippen molar-refractivity contribution in [1.29, 1.82) is 0 Å². The van der Waals surface area contributed by atoms with Gasteiger partial charge in [-0.05, 0) is 56.2 Å². The number of hydrogen-bond donors (Lipinski definition) is 2. The summed E-state index contributed by atoms with van der Waals surface area (Å²) in [6, 6.07) is 14.3. The number of anilines is 1. The van der Waals surface area contributed by atoms with Crippen LogP contribution in [0.15, 0.2) is 53.7 Å². The maximum absolute atomic E-state index is 12.6. The molecule has 2 amide bonds. The number of methoxy groups -OCH3 is 1. The number of para-hydroxylation sites is 1. The molecule has 0 fully saturated rings. The first-order valence-corrected chi connectivity index (χ1v) is 11.8. The van der Waals surface area contributed by atoms with Crippen molar-refractivity contribution < 1.29 is 14.3 Å². The van der Waals surface area contributed by atoms with Crippen LogP contribution in [-0.2, 0) is 17.8 Å². The Morgan fingerprint density at radius 2 is 1.82 bits per heavy atom. The molecule has 0 spiro atoms. The fourth-order valence-corrected chi connectivity index (χ4v) is 4.19. The van der Waals surface area contributed by atoms with Gasteiger partial charge in [-0.1, -0.05) is 36.9 Å². The Kier molecular flexibility index (Phi) is 8.48. The first-order chi connectivity index (χ1) is 16.0. The summed E-state index contributed by atoms with van der Waals surface area (Å²) >= 11 is 1.32. The lowest BCUT2D eigenvalue weighted by Gasteiger charge is -2.15. The molecule has 0 aliphatic rings. The van der Waals surface area contributed by atoms with Crippen molar-refractivity contribution in [1.82, 2.24) is 20.1 Å². The Morgan fingerprint density at radius 3 is 2.48 bits per heavy atom. The van der Waals surface area contributed by atoms with Crippen molar-refractivity contribution >= 4 is 29.3 Å². The molecule has 9 heteroatoms. The first kappa shape index (κ1) is 24.3. The summed E-state index contributed by atoms with van der Waals surface area (Å²) in [6.45, 7) is 6.51. The van der Waals surface area contributed by atoms with Crippen LogP contribution in [0.2, 0.25) is 0 Å². The molecule has 0 saturated heterocycles. The van der Waals surface area contributed by atoms with E-state index in [-0.39, 0.29) is 23.6 Å². The minimum Gasteiger partial charge on any atom is -0.497 e. The van der Waals surface area contributed by atoms with Crippen LogP contribution in [0.4, 0.5) is 5.69 Å². The van der Waals surface area contributed by atoms with Crippen LogP contribution in [0.1, 0.15) is 48.6 Å². The number of carbonyl (C=O) groups excluding carboxylic acids is 2. The van der Waals surface area contributed by atoms with Gasteiger partial charge in [0.25, 0.3) is 5.91 Å². The molecule has 0 radical (unpaired) electrons. The van der Waals surface area contributed by atoms with E-state index in [1.807, 2.05) is 42.7 Å². The second kappa shape index (κ2) is 11.5. The highest BCUT2D eigenvalue weighted by molar-refractivity contribution is 7.99. The number of ether oxygens (including phenoxy) is 1. The van der Waals surface area contributed by atoms with Crippen LogP contribution in [0.3, 0.4) is 0 Å². The lowest BCUT2D eigenvalue weighted by atomic mass is 10.1. The number of nitrogens with zero attached hydrogens (tertiary/aromatic N) is 3. The van der Waals surface area contributed by atoms with E-state index in [1.165, 1.54) is 11.8 Å². The highest BCUT2D eigenvalue weighted by Crippen LogP contribution is 2.22. The average molecular weight is 468 g/mol. The van der Waals surface area contributed by atoms with E-state index in [0.717, 1.165) is 17.7 Å². The summed E-state index contributed by atoms with van der Waals surface area (Å²) in [5.74, 6) is 1.23. The lowest BCUT2D eigenvalue weighted by molar-refractivity contribution is -0.113. The maximum atomic E-state index is 12.6. The molecular weight excluding hydrogens is 438 g/mol. The fraction of sp³-hybridized carbons (Fsp3) is 0.333. The summed E-state index contributed by atoms with van der Waals surface area (Å²) < 4.78 is 7.05. The van der Waals surface area contributed by atoms with Crippen LogP contribution in [0.25, 0.3) is 0 Å². The van der Waals surface area contributed by atoms with Gasteiger partial charge in [-0.2, -0.15) is 0 Å². The molecule has 2 N–H and O–H groups in total. The smallest absolute Gasteiger partial charge is 0.251 e. The Balaban J connectivity index is 1.62. The molecule has 1 heterocycles. The van der Waals surface area contributed by atoms with E-state index in [4.69, 9.17) is 4.74 Å². The number of benzene rings is 2. The molecule has 0 aliphatic heterocycles. The lowest BCUT2D eigenvalue weighted by Crippen LogP contribution is -2.28. The second-order valence-electron chi connectivity index (χ2n) is 7.36. The third kappa shape index (κ3) is 6.13. The van der Waals surface area contributed by atoms with Crippen LogP contribution in [0, 0.1) is 0 Å². The highest BCUT2D eigenvalue weighted by Gasteiger charge is 2.20. The number of amides is 2. The molecule has 0 aliphatic carbocycles. The summed E-state index contributed by atoms with van der Waals surface area (Å²) in [5, 5.41) is 15.1. The predicted molar refractivity (Wildman–Crippen MR) is 130 cm³/mol. The summed E-state index contributed by atoms with van der Waals surface area (Å²) in [4.78, 5) is 25.1. The van der Waals surface area contributed by atoms with E-state index in [2.05, 4.69) is 27.8 Å². The number of hydrogen-bond acceptors (Lipinski definition) is 6. The normalized spacial score (nSPS) is 11.6. The van der Waals surface area contributed by atoms with Gasteiger partial charge >= 0.3 is 0 Å². The number of rotatable bonds is 10. The summed E-state index contributed by atoms with van der Waals surface area (Å²) in [7, 11) is 1.58. The van der Waals surface area contributed by atoms with E-state index in [0.29, 0.717) is 28.8 Å². The van der Waals surface area contributed by atoms with E-state index in [1.54, 1.807) is 31.4 Å². The predicted octanol–water partition coefficient (Wildman–Crippen LogP) is 4.09. The summed E-state index contributed by atoms with van der Waals surface area (Å²) in [6.07, 6.45) is 0.844. The number of aromatic nitrogens is 3. The molecule has 0 bridgehead atoms. The van der Waals surface area contributed by atoms with Crippen LogP contribution >= 0.6 is 11.8 Å². The van der Waals surface area contributed by atoms with Gasteiger partial charge in [-0.15, -0.1) is 10.2 Å². The largest absolute Gasteiger partial charge is 0.497 e. The highest BCUT2D eigenvalue weighted by atomic mass is 32.2. The molecule has 33 heavy (non-hydrogen) atoms. The van der Waals surface area contributed by atoms with Gasteiger partial charge in [0.15, 0.2) is 11.0 Å². The zero-order chi connectivity index (χ0) is 23.8. The molecule has 3 aromatic rings. The first-order valence-electron chi connectivity index (χ1n) is 10.8. The minimum absolute atomic E-state index is 0.103. The van der Waals surface area contributed by atoms with Crippen LogP contribution < -0.4 is 15.4 Å². The zero-order valence-electron chi connectivity index (χ0n) is 19.3. The van der Waals surface area contributed by atoms with Gasteiger partial charge in [0, 0.05) is 17.8 Å². The Bertz CT molecular complexity index is 1100. The van der Waals surface area contributed by atoms with Gasteiger partial charge in [-0.3, -0.25) is 9.59 Å². The van der Waals surface area contributed by atoms with Gasteiger partial charge in [0.2, 0.25) is 5.91 Å². The average Bonchev–Trinajstić information content (AvgIpc) is 3.26. The van der Waals surface area contributed by atoms with Crippen molar-refractivity contribution in [3.05, 3.63) is 65.5 Å². The van der Waals surface area contributed by atoms with Crippen molar-refractivity contribution in [3.63, 3.8) is 0 Å².